The van der Waals surface area contributed by atoms with Crippen LogP contribution in [0.4, 0.5) is 0 Å². The molecule has 0 aromatic heterocycles. The van der Waals surface area contributed by atoms with Crippen molar-refractivity contribution < 1.29 is 0 Å². The molecule has 3 heterocycles. The van der Waals surface area contributed by atoms with E-state index in [0.717, 1.165) is 24.6 Å². The second kappa shape index (κ2) is 3.09. The van der Waals surface area contributed by atoms with Crippen molar-refractivity contribution in [3.8, 4) is 0 Å². The fourth-order valence-corrected chi connectivity index (χ4v) is 3.12. The number of rotatable bonds is 1. The van der Waals surface area contributed by atoms with Crippen LogP contribution < -0.4 is 5.32 Å². The third-order valence-electron chi connectivity index (χ3n) is 3.80. The molecule has 0 aromatic rings. The van der Waals surface area contributed by atoms with Gasteiger partial charge in [0.1, 0.15) is 6.04 Å². The molecule has 3 aliphatic rings. The Balaban J connectivity index is 2.09. The predicted molar refractivity (Wildman–Crippen MR) is 65.8 cm³/mol. The molecule has 0 fully saturated rings. The summed E-state index contributed by atoms with van der Waals surface area (Å²) in [5.74, 6) is 2.16. The molecule has 0 radical (unpaired) electrons. The van der Waals surface area contributed by atoms with E-state index in [9.17, 15) is 0 Å². The van der Waals surface area contributed by atoms with Gasteiger partial charge in [0.25, 0.3) is 0 Å². The van der Waals surface area contributed by atoms with Crippen LogP contribution in [0.5, 0.6) is 0 Å². The maximum Gasteiger partial charge on any atom is 0.157 e. The van der Waals surface area contributed by atoms with Crippen LogP contribution in [0.3, 0.4) is 0 Å². The summed E-state index contributed by atoms with van der Waals surface area (Å²) in [5, 5.41) is 3.53. The summed E-state index contributed by atoms with van der Waals surface area (Å²) >= 11 is 0. The van der Waals surface area contributed by atoms with E-state index in [2.05, 4.69) is 36.2 Å². The minimum Gasteiger partial charge on any atom is -0.346 e. The van der Waals surface area contributed by atoms with Crippen molar-refractivity contribution in [2.75, 3.05) is 6.54 Å². The molecule has 0 aliphatic carbocycles. The highest BCUT2D eigenvalue weighted by molar-refractivity contribution is 5.88. The van der Waals surface area contributed by atoms with Gasteiger partial charge in [0.15, 0.2) is 5.66 Å². The van der Waals surface area contributed by atoms with E-state index in [1.54, 1.807) is 0 Å². The second-order valence-corrected chi connectivity index (χ2v) is 4.77. The van der Waals surface area contributed by atoms with Gasteiger partial charge in [0.2, 0.25) is 0 Å². The molecular formula is C12H18N4. The maximum atomic E-state index is 4.77. The average Bonchev–Trinajstić information content (AvgIpc) is 2.80. The van der Waals surface area contributed by atoms with E-state index >= 15 is 0 Å². The van der Waals surface area contributed by atoms with Crippen LogP contribution in [0.15, 0.2) is 22.1 Å². The second-order valence-electron chi connectivity index (χ2n) is 4.77. The molecule has 4 heteroatoms. The standard InChI is InChI=1S/C12H18N4/c1-4-10-11-12(15-8(2)13-11)6-5-7-16(12)9(3)14-10/h5-6,10-11H,4,7H2,1-3H3,(H,13,15). The van der Waals surface area contributed by atoms with Crippen LogP contribution in [-0.2, 0) is 0 Å². The lowest BCUT2D eigenvalue weighted by Crippen LogP contribution is -2.65. The van der Waals surface area contributed by atoms with Gasteiger partial charge in [-0.3, -0.25) is 9.98 Å². The summed E-state index contributed by atoms with van der Waals surface area (Å²) in [5.41, 5.74) is -0.114. The molecule has 0 saturated heterocycles. The summed E-state index contributed by atoms with van der Waals surface area (Å²) in [7, 11) is 0. The highest BCUT2D eigenvalue weighted by Crippen LogP contribution is 2.37. The largest absolute Gasteiger partial charge is 0.346 e. The quantitative estimate of drug-likeness (QED) is 0.671. The van der Waals surface area contributed by atoms with E-state index < -0.39 is 0 Å². The summed E-state index contributed by atoms with van der Waals surface area (Å²) in [6.07, 6.45) is 5.52. The first-order chi connectivity index (χ1) is 7.67. The molecular weight excluding hydrogens is 200 g/mol. The fraction of sp³-hybridized carbons (Fsp3) is 0.667. The summed E-state index contributed by atoms with van der Waals surface area (Å²) in [6, 6.07) is 0.545. The lowest BCUT2D eigenvalue weighted by molar-refractivity contribution is 0.179. The molecule has 3 atom stereocenters. The van der Waals surface area contributed by atoms with E-state index in [1.165, 1.54) is 0 Å². The first-order valence-electron chi connectivity index (χ1n) is 5.99. The van der Waals surface area contributed by atoms with Crippen LogP contribution in [0.25, 0.3) is 0 Å². The molecule has 1 spiro atoms. The molecule has 0 aromatic carbocycles. The molecule has 3 aliphatic heterocycles. The van der Waals surface area contributed by atoms with Gasteiger partial charge < -0.3 is 10.2 Å². The third kappa shape index (κ3) is 1.05. The Morgan fingerprint density at radius 3 is 3.06 bits per heavy atom. The number of aliphatic imine (C=N–C) groups is 2. The van der Waals surface area contributed by atoms with Gasteiger partial charge in [-0.25, -0.2) is 0 Å². The molecule has 0 saturated carbocycles. The van der Waals surface area contributed by atoms with Crippen molar-refractivity contribution in [1.29, 1.82) is 0 Å². The predicted octanol–water partition coefficient (Wildman–Crippen LogP) is 1.16. The Morgan fingerprint density at radius 2 is 2.31 bits per heavy atom. The van der Waals surface area contributed by atoms with Crippen LogP contribution in [0, 0.1) is 0 Å². The van der Waals surface area contributed by atoms with Crippen molar-refractivity contribution in [2.45, 2.75) is 44.9 Å². The Labute approximate surface area is 96.1 Å². The summed E-state index contributed by atoms with van der Waals surface area (Å²) in [4.78, 5) is 11.8. The van der Waals surface area contributed by atoms with Crippen LogP contribution in [0.2, 0.25) is 0 Å². The monoisotopic (exact) mass is 218 g/mol. The highest BCUT2D eigenvalue weighted by Gasteiger charge is 2.53. The number of nitrogens with zero attached hydrogens (tertiary/aromatic N) is 3. The van der Waals surface area contributed by atoms with Gasteiger partial charge in [-0.1, -0.05) is 13.0 Å². The Kier molecular flexibility index (Phi) is 1.91. The number of hydrogen-bond donors (Lipinski definition) is 1. The van der Waals surface area contributed by atoms with E-state index in [4.69, 9.17) is 9.98 Å². The topological polar surface area (TPSA) is 40.0 Å². The Hall–Kier alpha value is -1.32. The maximum absolute atomic E-state index is 4.77. The molecule has 4 nitrogen and oxygen atoms in total. The summed E-state index contributed by atoms with van der Waals surface area (Å²) in [6.45, 7) is 7.27. The number of amidine groups is 2. The Morgan fingerprint density at radius 1 is 1.50 bits per heavy atom. The molecule has 3 rings (SSSR count). The van der Waals surface area contributed by atoms with Gasteiger partial charge in [-0.2, -0.15) is 0 Å². The lowest BCUT2D eigenvalue weighted by atomic mass is 9.91. The zero-order chi connectivity index (χ0) is 11.3. The van der Waals surface area contributed by atoms with Crippen LogP contribution in [-0.4, -0.2) is 40.9 Å². The molecule has 0 amide bonds. The molecule has 16 heavy (non-hydrogen) atoms. The zero-order valence-corrected chi connectivity index (χ0v) is 10.1. The van der Waals surface area contributed by atoms with Gasteiger partial charge >= 0.3 is 0 Å². The van der Waals surface area contributed by atoms with Crippen LogP contribution >= 0.6 is 0 Å². The first-order valence-corrected chi connectivity index (χ1v) is 5.99. The number of nitrogens with one attached hydrogen (secondary N) is 1. The number of hydrogen-bond acceptors (Lipinski definition) is 4. The normalized spacial score (nSPS) is 40.1. The molecule has 0 bridgehead atoms. The smallest absolute Gasteiger partial charge is 0.157 e. The van der Waals surface area contributed by atoms with E-state index in [1.807, 2.05) is 6.92 Å². The van der Waals surface area contributed by atoms with E-state index in [0.29, 0.717) is 6.04 Å². The lowest BCUT2D eigenvalue weighted by Gasteiger charge is -2.45. The van der Waals surface area contributed by atoms with Crippen LogP contribution in [0.1, 0.15) is 27.2 Å². The minimum absolute atomic E-state index is 0.114. The van der Waals surface area contributed by atoms with Gasteiger partial charge in [0, 0.05) is 6.54 Å². The third-order valence-corrected chi connectivity index (χ3v) is 3.80. The zero-order valence-electron chi connectivity index (χ0n) is 10.1. The molecule has 3 unspecified atom stereocenters. The van der Waals surface area contributed by atoms with Gasteiger partial charge in [-0.15, -0.1) is 0 Å². The minimum atomic E-state index is -0.114. The van der Waals surface area contributed by atoms with Crippen molar-refractivity contribution >= 4 is 11.7 Å². The van der Waals surface area contributed by atoms with Crippen molar-refractivity contribution in [2.24, 2.45) is 9.98 Å². The van der Waals surface area contributed by atoms with Crippen molar-refractivity contribution in [3.05, 3.63) is 12.2 Å². The molecule has 1 N–H and O–H groups in total. The fourth-order valence-electron chi connectivity index (χ4n) is 3.12. The van der Waals surface area contributed by atoms with Crippen molar-refractivity contribution in [1.82, 2.24) is 10.2 Å². The Bertz CT molecular complexity index is 409. The summed E-state index contributed by atoms with van der Waals surface area (Å²) < 4.78 is 0. The van der Waals surface area contributed by atoms with Crippen molar-refractivity contribution in [3.63, 3.8) is 0 Å². The van der Waals surface area contributed by atoms with Gasteiger partial charge in [0.05, 0.1) is 17.7 Å². The first kappa shape index (κ1) is 9.87. The SMILES string of the molecule is CCC1N=C(C)N2CC=CC23NC(C)=NC13. The highest BCUT2D eigenvalue weighted by atomic mass is 15.4. The van der Waals surface area contributed by atoms with Gasteiger partial charge in [-0.05, 0) is 26.3 Å². The molecule has 86 valence electrons. The van der Waals surface area contributed by atoms with E-state index in [-0.39, 0.29) is 11.7 Å². The average molecular weight is 218 g/mol.